The van der Waals surface area contributed by atoms with Crippen molar-refractivity contribution in [3.63, 3.8) is 0 Å². The van der Waals surface area contributed by atoms with E-state index >= 15 is 0 Å². The van der Waals surface area contributed by atoms with Crippen LogP contribution < -0.4 is 5.73 Å². The molecule has 2 heteroatoms. The molecule has 1 saturated carbocycles. The standard InChI is InChI=1S/C14H19NO/c1-11-5-2-3-6-12(11)9-13(16)14(10-15)7-4-8-14/h2-3,5-6H,4,7-10,15H2,1H3. The number of hydrogen-bond acceptors (Lipinski definition) is 2. The zero-order valence-electron chi connectivity index (χ0n) is 9.83. The van der Waals surface area contributed by atoms with Crippen molar-refractivity contribution in [3.8, 4) is 0 Å². The van der Waals surface area contributed by atoms with Crippen LogP contribution in [-0.4, -0.2) is 12.3 Å². The van der Waals surface area contributed by atoms with Crippen molar-refractivity contribution >= 4 is 5.78 Å². The lowest BCUT2D eigenvalue weighted by atomic mass is 9.65. The Kier molecular flexibility index (Phi) is 3.10. The summed E-state index contributed by atoms with van der Waals surface area (Å²) >= 11 is 0. The summed E-state index contributed by atoms with van der Waals surface area (Å²) in [4.78, 5) is 12.2. The number of carbonyl (C=O) groups is 1. The van der Waals surface area contributed by atoms with Gasteiger partial charge in [-0.3, -0.25) is 4.79 Å². The van der Waals surface area contributed by atoms with Crippen LogP contribution in [0.4, 0.5) is 0 Å². The Labute approximate surface area is 96.8 Å². The Bertz CT molecular complexity index is 388. The summed E-state index contributed by atoms with van der Waals surface area (Å²) in [6, 6.07) is 8.09. The van der Waals surface area contributed by atoms with Gasteiger partial charge in [-0.05, 0) is 30.9 Å². The topological polar surface area (TPSA) is 43.1 Å². The van der Waals surface area contributed by atoms with Crippen molar-refractivity contribution in [2.45, 2.75) is 32.6 Å². The second-order valence-electron chi connectivity index (χ2n) is 4.86. The average Bonchev–Trinajstić information content (AvgIpc) is 2.21. The van der Waals surface area contributed by atoms with E-state index in [0.717, 1.165) is 24.8 Å². The first kappa shape index (κ1) is 11.3. The summed E-state index contributed by atoms with van der Waals surface area (Å²) in [5.74, 6) is 0.329. The molecule has 1 aliphatic rings. The fourth-order valence-electron chi connectivity index (χ4n) is 2.37. The van der Waals surface area contributed by atoms with Gasteiger partial charge in [-0.25, -0.2) is 0 Å². The van der Waals surface area contributed by atoms with Crippen molar-refractivity contribution in [3.05, 3.63) is 35.4 Å². The minimum Gasteiger partial charge on any atom is -0.329 e. The van der Waals surface area contributed by atoms with Crippen LogP contribution in [0, 0.1) is 12.3 Å². The van der Waals surface area contributed by atoms with Crippen LogP contribution in [0.5, 0.6) is 0 Å². The van der Waals surface area contributed by atoms with E-state index in [0.29, 0.717) is 18.7 Å². The molecule has 0 saturated heterocycles. The largest absolute Gasteiger partial charge is 0.329 e. The van der Waals surface area contributed by atoms with Gasteiger partial charge in [-0.2, -0.15) is 0 Å². The molecule has 0 spiro atoms. The van der Waals surface area contributed by atoms with Gasteiger partial charge in [0.25, 0.3) is 0 Å². The van der Waals surface area contributed by atoms with Crippen molar-refractivity contribution in [2.24, 2.45) is 11.1 Å². The lowest BCUT2D eigenvalue weighted by Gasteiger charge is -2.39. The monoisotopic (exact) mass is 217 g/mol. The predicted octanol–water partition coefficient (Wildman–Crippen LogP) is 2.24. The van der Waals surface area contributed by atoms with Gasteiger partial charge in [0.15, 0.2) is 0 Å². The van der Waals surface area contributed by atoms with Crippen molar-refractivity contribution < 1.29 is 4.79 Å². The van der Waals surface area contributed by atoms with Gasteiger partial charge < -0.3 is 5.73 Å². The molecule has 1 aliphatic carbocycles. The molecule has 2 rings (SSSR count). The number of benzene rings is 1. The number of nitrogens with two attached hydrogens (primary N) is 1. The summed E-state index contributed by atoms with van der Waals surface area (Å²) in [6.07, 6.45) is 3.66. The molecule has 0 radical (unpaired) electrons. The fraction of sp³-hybridized carbons (Fsp3) is 0.500. The van der Waals surface area contributed by atoms with Gasteiger partial charge in [0.2, 0.25) is 0 Å². The molecule has 2 N–H and O–H groups in total. The fourth-order valence-corrected chi connectivity index (χ4v) is 2.37. The highest BCUT2D eigenvalue weighted by Gasteiger charge is 2.42. The Morgan fingerprint density at radius 3 is 2.56 bits per heavy atom. The van der Waals surface area contributed by atoms with Gasteiger partial charge in [0.05, 0.1) is 0 Å². The molecule has 1 fully saturated rings. The van der Waals surface area contributed by atoms with Crippen LogP contribution in [0.25, 0.3) is 0 Å². The van der Waals surface area contributed by atoms with E-state index in [-0.39, 0.29) is 5.41 Å². The molecule has 0 aliphatic heterocycles. The van der Waals surface area contributed by atoms with Crippen LogP contribution in [0.15, 0.2) is 24.3 Å². The normalized spacial score (nSPS) is 17.9. The third-order valence-electron chi connectivity index (χ3n) is 3.91. The quantitative estimate of drug-likeness (QED) is 0.840. The Balaban J connectivity index is 2.10. The van der Waals surface area contributed by atoms with Crippen LogP contribution >= 0.6 is 0 Å². The Morgan fingerprint density at radius 1 is 1.38 bits per heavy atom. The van der Waals surface area contributed by atoms with Crippen molar-refractivity contribution in [1.82, 2.24) is 0 Å². The number of ketones is 1. The van der Waals surface area contributed by atoms with Crippen LogP contribution in [0.3, 0.4) is 0 Å². The number of Topliss-reactive ketones (excluding diaryl/α,β-unsaturated/α-hetero) is 1. The lowest BCUT2D eigenvalue weighted by molar-refractivity contribution is -0.132. The van der Waals surface area contributed by atoms with Crippen molar-refractivity contribution in [2.75, 3.05) is 6.54 Å². The summed E-state index contributed by atoms with van der Waals surface area (Å²) in [5, 5.41) is 0. The van der Waals surface area contributed by atoms with Gasteiger partial charge in [0, 0.05) is 18.4 Å². The zero-order valence-corrected chi connectivity index (χ0v) is 9.83. The number of hydrogen-bond donors (Lipinski definition) is 1. The summed E-state index contributed by atoms with van der Waals surface area (Å²) in [6.45, 7) is 2.57. The van der Waals surface area contributed by atoms with Gasteiger partial charge in [0.1, 0.15) is 5.78 Å². The minimum atomic E-state index is -0.192. The first-order valence-electron chi connectivity index (χ1n) is 5.96. The smallest absolute Gasteiger partial charge is 0.144 e. The maximum Gasteiger partial charge on any atom is 0.144 e. The molecule has 1 aromatic rings. The van der Waals surface area contributed by atoms with Crippen LogP contribution in [-0.2, 0) is 11.2 Å². The lowest BCUT2D eigenvalue weighted by Crippen LogP contribution is -2.45. The second-order valence-corrected chi connectivity index (χ2v) is 4.86. The van der Waals surface area contributed by atoms with E-state index < -0.39 is 0 Å². The van der Waals surface area contributed by atoms with E-state index in [4.69, 9.17) is 5.73 Å². The predicted molar refractivity (Wildman–Crippen MR) is 65.2 cm³/mol. The molecule has 0 unspecified atom stereocenters. The maximum atomic E-state index is 12.2. The highest BCUT2D eigenvalue weighted by Crippen LogP contribution is 2.41. The third kappa shape index (κ3) is 1.90. The summed E-state index contributed by atoms with van der Waals surface area (Å²) < 4.78 is 0. The molecule has 2 nitrogen and oxygen atoms in total. The number of aryl methyl sites for hydroxylation is 1. The highest BCUT2D eigenvalue weighted by molar-refractivity contribution is 5.88. The van der Waals surface area contributed by atoms with Crippen LogP contribution in [0.1, 0.15) is 30.4 Å². The maximum absolute atomic E-state index is 12.2. The Hall–Kier alpha value is -1.15. The molecule has 0 atom stereocenters. The van der Waals surface area contributed by atoms with Gasteiger partial charge in [-0.1, -0.05) is 30.7 Å². The molecular formula is C14H19NO. The van der Waals surface area contributed by atoms with E-state index in [9.17, 15) is 4.79 Å². The van der Waals surface area contributed by atoms with E-state index in [2.05, 4.69) is 13.0 Å². The molecule has 0 heterocycles. The minimum absolute atomic E-state index is 0.192. The first-order chi connectivity index (χ1) is 7.68. The zero-order chi connectivity index (χ0) is 11.6. The van der Waals surface area contributed by atoms with E-state index in [1.54, 1.807) is 0 Å². The van der Waals surface area contributed by atoms with E-state index in [1.807, 2.05) is 18.2 Å². The Morgan fingerprint density at radius 2 is 2.06 bits per heavy atom. The first-order valence-corrected chi connectivity index (χ1v) is 5.96. The third-order valence-corrected chi connectivity index (χ3v) is 3.91. The molecule has 0 amide bonds. The van der Waals surface area contributed by atoms with Gasteiger partial charge >= 0.3 is 0 Å². The average molecular weight is 217 g/mol. The number of rotatable bonds is 4. The highest BCUT2D eigenvalue weighted by atomic mass is 16.1. The summed E-state index contributed by atoms with van der Waals surface area (Å²) in [7, 11) is 0. The summed E-state index contributed by atoms with van der Waals surface area (Å²) in [5.41, 5.74) is 7.89. The molecule has 0 bridgehead atoms. The van der Waals surface area contributed by atoms with Crippen molar-refractivity contribution in [1.29, 1.82) is 0 Å². The molecule has 1 aromatic carbocycles. The van der Waals surface area contributed by atoms with E-state index in [1.165, 1.54) is 5.56 Å². The molecular weight excluding hydrogens is 198 g/mol. The van der Waals surface area contributed by atoms with Gasteiger partial charge in [-0.15, -0.1) is 0 Å². The molecule has 86 valence electrons. The van der Waals surface area contributed by atoms with Crippen LogP contribution in [0.2, 0.25) is 0 Å². The second kappa shape index (κ2) is 4.38. The molecule has 0 aromatic heterocycles. The molecule has 16 heavy (non-hydrogen) atoms. The SMILES string of the molecule is Cc1ccccc1CC(=O)C1(CN)CCC1. The number of carbonyl (C=O) groups excluding carboxylic acids is 1.